The van der Waals surface area contributed by atoms with Gasteiger partial charge in [-0.15, -0.1) is 6.58 Å². The van der Waals surface area contributed by atoms with Gasteiger partial charge in [0.15, 0.2) is 0 Å². The maximum atomic E-state index is 10.5. The predicted octanol–water partition coefficient (Wildman–Crippen LogP) is 3.31. The van der Waals surface area contributed by atoms with Crippen molar-refractivity contribution in [1.29, 1.82) is 0 Å². The van der Waals surface area contributed by atoms with E-state index in [-0.39, 0.29) is 0 Å². The van der Waals surface area contributed by atoms with Crippen molar-refractivity contribution in [2.24, 2.45) is 0 Å². The number of carbonyl (C=O) groups excluding carboxylic acids is 1. The summed E-state index contributed by atoms with van der Waals surface area (Å²) in [7, 11) is 0. The van der Waals surface area contributed by atoms with Crippen LogP contribution in [-0.4, -0.2) is 11.2 Å². The van der Waals surface area contributed by atoms with Crippen LogP contribution in [-0.2, 0) is 9.68 Å². The van der Waals surface area contributed by atoms with Crippen molar-refractivity contribution >= 4 is 5.97 Å². The van der Waals surface area contributed by atoms with Crippen LogP contribution in [0, 0.1) is 0 Å². The Bertz CT molecular complexity index is 155. The zero-order chi connectivity index (χ0) is 10.6. The second-order valence-electron chi connectivity index (χ2n) is 3.41. The summed E-state index contributed by atoms with van der Waals surface area (Å²) in [6.07, 6.45) is 10.00. The van der Waals surface area contributed by atoms with Crippen molar-refractivity contribution in [2.45, 2.75) is 51.4 Å². The predicted molar refractivity (Wildman–Crippen MR) is 55.9 cm³/mol. The van der Waals surface area contributed by atoms with Crippen molar-refractivity contribution in [3.63, 3.8) is 0 Å². The van der Waals surface area contributed by atoms with Gasteiger partial charge in [0, 0.05) is 6.42 Å². The molecule has 0 heterocycles. The first-order chi connectivity index (χ1) is 6.81. The standard InChI is InChI=1S/C11H20O3/c1-2-3-4-5-6-7-8-9-10-11(12)14-13/h2,13H,1,3-10H2. The lowest BCUT2D eigenvalue weighted by Gasteiger charge is -1.99. The van der Waals surface area contributed by atoms with Crippen molar-refractivity contribution in [3.05, 3.63) is 12.7 Å². The molecule has 0 radical (unpaired) electrons. The largest absolute Gasteiger partial charge is 0.342 e. The van der Waals surface area contributed by atoms with Gasteiger partial charge in [0.25, 0.3) is 0 Å². The van der Waals surface area contributed by atoms with E-state index in [0.717, 1.165) is 25.7 Å². The Balaban J connectivity index is 2.98. The molecule has 0 atom stereocenters. The minimum absolute atomic E-state index is 0.323. The lowest BCUT2D eigenvalue weighted by molar-refractivity contribution is -0.234. The molecule has 0 rings (SSSR count). The Labute approximate surface area is 85.7 Å². The van der Waals surface area contributed by atoms with Crippen molar-refractivity contribution in [3.8, 4) is 0 Å². The van der Waals surface area contributed by atoms with Crippen LogP contribution in [0.4, 0.5) is 0 Å². The maximum Gasteiger partial charge on any atom is 0.342 e. The molecule has 3 nitrogen and oxygen atoms in total. The number of rotatable bonds is 9. The van der Waals surface area contributed by atoms with Gasteiger partial charge in [-0.05, 0) is 19.3 Å². The summed E-state index contributed by atoms with van der Waals surface area (Å²) < 4.78 is 0. The Morgan fingerprint density at radius 3 is 2.29 bits per heavy atom. The van der Waals surface area contributed by atoms with Gasteiger partial charge in [-0.3, -0.25) is 0 Å². The molecule has 0 saturated carbocycles. The monoisotopic (exact) mass is 200 g/mol. The third-order valence-corrected chi connectivity index (χ3v) is 2.14. The number of allylic oxidation sites excluding steroid dienone is 1. The summed E-state index contributed by atoms with van der Waals surface area (Å²) >= 11 is 0. The maximum absolute atomic E-state index is 10.5. The molecule has 0 unspecified atom stereocenters. The topological polar surface area (TPSA) is 46.5 Å². The molecule has 0 fully saturated rings. The molecular formula is C11H20O3. The van der Waals surface area contributed by atoms with E-state index >= 15 is 0 Å². The molecule has 0 spiro atoms. The second-order valence-corrected chi connectivity index (χ2v) is 3.41. The summed E-state index contributed by atoms with van der Waals surface area (Å²) in [6.45, 7) is 3.66. The van der Waals surface area contributed by atoms with Gasteiger partial charge in [-0.1, -0.05) is 31.8 Å². The minimum atomic E-state index is -0.531. The summed E-state index contributed by atoms with van der Waals surface area (Å²) in [5.41, 5.74) is 0. The zero-order valence-corrected chi connectivity index (χ0v) is 8.71. The van der Waals surface area contributed by atoms with Crippen LogP contribution >= 0.6 is 0 Å². The highest BCUT2D eigenvalue weighted by atomic mass is 17.1. The van der Waals surface area contributed by atoms with Gasteiger partial charge in [0.2, 0.25) is 0 Å². The summed E-state index contributed by atoms with van der Waals surface area (Å²) in [6, 6.07) is 0. The number of hydrogen-bond acceptors (Lipinski definition) is 3. The van der Waals surface area contributed by atoms with E-state index in [1.54, 1.807) is 0 Å². The van der Waals surface area contributed by atoms with Gasteiger partial charge in [-0.25, -0.2) is 4.79 Å². The fraction of sp³-hybridized carbons (Fsp3) is 0.727. The lowest BCUT2D eigenvalue weighted by atomic mass is 10.1. The van der Waals surface area contributed by atoms with E-state index in [1.807, 2.05) is 6.08 Å². The van der Waals surface area contributed by atoms with Crippen LogP contribution in [0.1, 0.15) is 51.4 Å². The van der Waals surface area contributed by atoms with Gasteiger partial charge in [0.05, 0.1) is 0 Å². The van der Waals surface area contributed by atoms with Gasteiger partial charge in [0.1, 0.15) is 0 Å². The number of unbranched alkanes of at least 4 members (excludes halogenated alkanes) is 6. The van der Waals surface area contributed by atoms with E-state index in [9.17, 15) is 4.79 Å². The normalized spacial score (nSPS) is 9.79. The fourth-order valence-corrected chi connectivity index (χ4v) is 1.31. The Hall–Kier alpha value is -0.830. The second kappa shape index (κ2) is 10.3. The third kappa shape index (κ3) is 9.26. The first-order valence-corrected chi connectivity index (χ1v) is 5.26. The molecule has 0 bridgehead atoms. The van der Waals surface area contributed by atoms with Crippen molar-refractivity contribution < 1.29 is 14.9 Å². The molecular weight excluding hydrogens is 180 g/mol. The summed E-state index contributed by atoms with van der Waals surface area (Å²) in [5.74, 6) is -0.531. The molecule has 0 aliphatic heterocycles. The molecule has 0 amide bonds. The van der Waals surface area contributed by atoms with Crippen molar-refractivity contribution in [1.82, 2.24) is 0 Å². The van der Waals surface area contributed by atoms with Gasteiger partial charge in [-0.2, -0.15) is 5.26 Å². The average molecular weight is 200 g/mol. The number of hydrogen-bond donors (Lipinski definition) is 1. The van der Waals surface area contributed by atoms with Crippen LogP contribution in [0.3, 0.4) is 0 Å². The molecule has 14 heavy (non-hydrogen) atoms. The fourth-order valence-electron chi connectivity index (χ4n) is 1.31. The van der Waals surface area contributed by atoms with E-state index in [4.69, 9.17) is 5.26 Å². The molecule has 0 aromatic rings. The van der Waals surface area contributed by atoms with Gasteiger partial charge < -0.3 is 4.89 Å². The molecule has 0 saturated heterocycles. The Morgan fingerprint density at radius 1 is 1.14 bits per heavy atom. The lowest BCUT2D eigenvalue weighted by Crippen LogP contribution is -1.99. The molecule has 0 aromatic heterocycles. The molecule has 1 N–H and O–H groups in total. The van der Waals surface area contributed by atoms with E-state index in [0.29, 0.717) is 6.42 Å². The van der Waals surface area contributed by atoms with Crippen molar-refractivity contribution in [2.75, 3.05) is 0 Å². The van der Waals surface area contributed by atoms with E-state index < -0.39 is 5.97 Å². The highest BCUT2D eigenvalue weighted by molar-refractivity contribution is 5.68. The first kappa shape index (κ1) is 13.2. The zero-order valence-electron chi connectivity index (χ0n) is 8.71. The summed E-state index contributed by atoms with van der Waals surface area (Å²) in [5, 5.41) is 7.98. The Morgan fingerprint density at radius 2 is 1.71 bits per heavy atom. The average Bonchev–Trinajstić information content (AvgIpc) is 2.21. The molecule has 0 aliphatic carbocycles. The number of carbonyl (C=O) groups is 1. The Kier molecular flexibility index (Phi) is 9.64. The highest BCUT2D eigenvalue weighted by Crippen LogP contribution is 2.08. The minimum Gasteiger partial charge on any atom is -0.301 e. The molecule has 82 valence electrons. The van der Waals surface area contributed by atoms with E-state index in [1.165, 1.54) is 19.3 Å². The summed E-state index contributed by atoms with van der Waals surface area (Å²) in [4.78, 5) is 14.1. The van der Waals surface area contributed by atoms with Crippen LogP contribution < -0.4 is 0 Å². The van der Waals surface area contributed by atoms with E-state index in [2.05, 4.69) is 11.5 Å². The quantitative estimate of drug-likeness (QED) is 0.269. The van der Waals surface area contributed by atoms with Crippen LogP contribution in [0.15, 0.2) is 12.7 Å². The first-order valence-electron chi connectivity index (χ1n) is 5.26. The smallest absolute Gasteiger partial charge is 0.301 e. The van der Waals surface area contributed by atoms with Gasteiger partial charge >= 0.3 is 5.97 Å². The SMILES string of the molecule is C=CCCCCCCCCC(=O)OO. The highest BCUT2D eigenvalue weighted by Gasteiger charge is 2.00. The molecule has 0 aromatic carbocycles. The molecule has 0 aliphatic rings. The third-order valence-electron chi connectivity index (χ3n) is 2.14. The van der Waals surface area contributed by atoms with Crippen LogP contribution in [0.25, 0.3) is 0 Å². The molecule has 3 heteroatoms. The van der Waals surface area contributed by atoms with Crippen LogP contribution in [0.2, 0.25) is 0 Å². The van der Waals surface area contributed by atoms with Crippen LogP contribution in [0.5, 0.6) is 0 Å².